The highest BCUT2D eigenvalue weighted by atomic mass is 32.2. The Morgan fingerprint density at radius 1 is 1.04 bits per heavy atom. The Morgan fingerprint density at radius 2 is 1.80 bits per heavy atom. The molecule has 0 bridgehead atoms. The number of carbonyl (C=O) groups is 5. The number of nitrogens with one attached hydrogen (secondary N) is 3. The molecule has 16 heteroatoms. The number of rotatable bonds is 5. The molecule has 56 heavy (non-hydrogen) atoms. The number of allylic oxidation sites excluding steroid dienone is 1. The third-order valence-electron chi connectivity index (χ3n) is 10.6. The number of carbonyl (C=O) groups excluding carboxylic acids is 5. The van der Waals surface area contributed by atoms with Gasteiger partial charge < -0.3 is 25.0 Å². The molecule has 4 aliphatic rings. The van der Waals surface area contributed by atoms with Gasteiger partial charge in [0.25, 0.3) is 15.9 Å². The molecule has 2 aromatic carbocycles. The van der Waals surface area contributed by atoms with Crippen LogP contribution in [0.4, 0.5) is 14.0 Å². The number of alkyl carbamates (subject to hydrolysis) is 1. The Bertz CT molecular complexity index is 2050. The van der Waals surface area contributed by atoms with Gasteiger partial charge in [-0.05, 0) is 83.6 Å². The summed E-state index contributed by atoms with van der Waals surface area (Å²) >= 11 is 0. The summed E-state index contributed by atoms with van der Waals surface area (Å²) in [6.45, 7) is 8.40. The van der Waals surface area contributed by atoms with Crippen molar-refractivity contribution in [2.24, 2.45) is 5.92 Å². The van der Waals surface area contributed by atoms with Gasteiger partial charge in [-0.2, -0.15) is 0 Å². The van der Waals surface area contributed by atoms with E-state index in [2.05, 4.69) is 15.4 Å². The summed E-state index contributed by atoms with van der Waals surface area (Å²) in [6, 6.07) is 6.95. The van der Waals surface area contributed by atoms with Crippen LogP contribution in [0.2, 0.25) is 0 Å². The molecule has 0 unspecified atom stereocenters. The summed E-state index contributed by atoms with van der Waals surface area (Å²) in [7, 11) is -4.34. The van der Waals surface area contributed by atoms with E-state index in [0.717, 1.165) is 12.0 Å². The fraction of sp³-hybridized carbons (Fsp3) is 0.525. The molecule has 5 atom stereocenters. The zero-order valence-corrected chi connectivity index (χ0v) is 33.2. The van der Waals surface area contributed by atoms with Crippen molar-refractivity contribution in [3.63, 3.8) is 0 Å². The first kappa shape index (κ1) is 40.7. The average molecular weight is 796 g/mol. The zero-order chi connectivity index (χ0) is 40.6. The van der Waals surface area contributed by atoms with E-state index in [1.165, 1.54) is 21.9 Å². The molecule has 2 aromatic rings. The van der Waals surface area contributed by atoms with Crippen LogP contribution in [0.3, 0.4) is 0 Å². The maximum Gasteiger partial charge on any atom is 0.410 e. The highest BCUT2D eigenvalue weighted by Gasteiger charge is 2.62. The highest BCUT2D eigenvalue weighted by Crippen LogP contribution is 2.46. The molecule has 6 rings (SSSR count). The molecule has 302 valence electrons. The third kappa shape index (κ3) is 9.00. The Morgan fingerprint density at radius 3 is 2.52 bits per heavy atom. The van der Waals surface area contributed by atoms with Crippen molar-refractivity contribution in [1.82, 2.24) is 25.2 Å². The number of nitrogens with zero attached hydrogens (tertiary/aromatic N) is 2. The highest BCUT2D eigenvalue weighted by molar-refractivity contribution is 7.90. The van der Waals surface area contributed by atoms with E-state index in [-0.39, 0.29) is 43.8 Å². The lowest BCUT2D eigenvalue weighted by Gasteiger charge is -2.30. The van der Waals surface area contributed by atoms with Gasteiger partial charge in [-0.15, -0.1) is 0 Å². The van der Waals surface area contributed by atoms with Gasteiger partial charge in [0.1, 0.15) is 35.1 Å². The standard InChI is InChI=1S/C40H50FN5O9S/c1-24-16-17-33(25(2)18-24)56(52,53)44-36(49)40-20-27(40)13-9-7-6-8-10-15-31(42-37(50)55-39(3,4)5)35(48)46-22-28(19-32(46)34(47)43-40)54-38(51)45-21-26-12-11-14-30(41)29(26)23-45/h9,11-14,16-18,27-28,31-32H,6-8,10,15,19-23H2,1-5H3,(H,42,50)(H,43,47)(H,44,49)/t27-,28-,31+,32+,40-/m1/s1. The lowest BCUT2D eigenvalue weighted by molar-refractivity contribution is -0.141. The van der Waals surface area contributed by atoms with Crippen molar-refractivity contribution in [3.05, 3.63) is 76.6 Å². The third-order valence-corrected chi connectivity index (χ3v) is 12.1. The Labute approximate surface area is 326 Å². The zero-order valence-electron chi connectivity index (χ0n) is 32.4. The first-order valence-electron chi connectivity index (χ1n) is 19.0. The molecule has 3 aliphatic heterocycles. The predicted molar refractivity (Wildman–Crippen MR) is 202 cm³/mol. The van der Waals surface area contributed by atoms with E-state index >= 15 is 0 Å². The fourth-order valence-electron chi connectivity index (χ4n) is 7.71. The number of hydrogen-bond acceptors (Lipinski definition) is 9. The van der Waals surface area contributed by atoms with Crippen molar-refractivity contribution in [2.45, 2.75) is 127 Å². The number of sulfonamides is 1. The van der Waals surface area contributed by atoms with Crippen molar-refractivity contribution >= 4 is 39.9 Å². The van der Waals surface area contributed by atoms with Crippen LogP contribution in [0.25, 0.3) is 0 Å². The second-order valence-electron chi connectivity index (χ2n) is 16.2. The van der Waals surface area contributed by atoms with Crippen molar-refractivity contribution in [2.75, 3.05) is 6.54 Å². The van der Waals surface area contributed by atoms with Crippen molar-refractivity contribution in [1.29, 1.82) is 0 Å². The lowest BCUT2D eigenvalue weighted by Crippen LogP contribution is -2.58. The van der Waals surface area contributed by atoms with Gasteiger partial charge in [0.2, 0.25) is 11.8 Å². The molecular formula is C40H50FN5O9S. The van der Waals surface area contributed by atoms with Gasteiger partial charge >= 0.3 is 12.2 Å². The normalized spacial score (nSPS) is 25.5. The van der Waals surface area contributed by atoms with Gasteiger partial charge in [-0.25, -0.2) is 27.1 Å². The van der Waals surface area contributed by atoms with Gasteiger partial charge in [-0.3, -0.25) is 19.3 Å². The van der Waals surface area contributed by atoms with Crippen LogP contribution in [0.5, 0.6) is 0 Å². The van der Waals surface area contributed by atoms with E-state index in [1.807, 2.05) is 13.0 Å². The SMILES string of the molecule is Cc1ccc(S(=O)(=O)NC(=O)[C@@]23C[C@H]2C=CCCCCC[C@H](NC(=O)OC(C)(C)C)C(=O)N2C[C@H](OC(=O)N4Cc5cccc(F)c5C4)C[C@H]2C(=O)N3)c(C)c1. The number of benzene rings is 2. The number of fused-ring (bicyclic) bond motifs is 3. The molecule has 0 aromatic heterocycles. The number of hydrogen-bond donors (Lipinski definition) is 3. The lowest BCUT2D eigenvalue weighted by atomic mass is 10.0. The van der Waals surface area contributed by atoms with Crippen LogP contribution in [0.15, 0.2) is 53.4 Å². The van der Waals surface area contributed by atoms with Crippen LogP contribution in [0, 0.1) is 25.6 Å². The van der Waals surface area contributed by atoms with E-state index in [0.29, 0.717) is 36.0 Å². The summed E-state index contributed by atoms with van der Waals surface area (Å²) in [6.07, 6.45) is 3.95. The molecule has 0 spiro atoms. The molecule has 1 saturated carbocycles. The van der Waals surface area contributed by atoms with E-state index in [1.54, 1.807) is 58.0 Å². The smallest absolute Gasteiger partial charge is 0.410 e. The van der Waals surface area contributed by atoms with Gasteiger partial charge in [0.05, 0.1) is 18.0 Å². The number of ether oxygens (including phenoxy) is 2. The summed E-state index contributed by atoms with van der Waals surface area (Å²) in [5.74, 6) is -3.27. The largest absolute Gasteiger partial charge is 0.444 e. The average Bonchev–Trinajstić information content (AvgIpc) is 3.40. The molecule has 3 N–H and O–H groups in total. The minimum absolute atomic E-state index is 0.0143. The molecule has 1 saturated heterocycles. The van der Waals surface area contributed by atoms with Crippen LogP contribution in [0.1, 0.15) is 88.0 Å². The van der Waals surface area contributed by atoms with Crippen LogP contribution < -0.4 is 15.4 Å². The molecule has 2 fully saturated rings. The molecular weight excluding hydrogens is 746 g/mol. The van der Waals surface area contributed by atoms with E-state index in [9.17, 15) is 36.8 Å². The number of amides is 5. The first-order valence-corrected chi connectivity index (χ1v) is 20.5. The molecule has 14 nitrogen and oxygen atoms in total. The van der Waals surface area contributed by atoms with Crippen LogP contribution in [-0.2, 0) is 47.0 Å². The quantitative estimate of drug-likeness (QED) is 0.363. The van der Waals surface area contributed by atoms with Crippen LogP contribution >= 0.6 is 0 Å². The topological polar surface area (TPSA) is 181 Å². The second kappa shape index (κ2) is 15.9. The second-order valence-corrected chi connectivity index (χ2v) is 17.9. The fourth-order valence-corrected chi connectivity index (χ4v) is 8.98. The van der Waals surface area contributed by atoms with E-state index in [4.69, 9.17) is 9.47 Å². The molecule has 1 aliphatic carbocycles. The predicted octanol–water partition coefficient (Wildman–Crippen LogP) is 4.66. The van der Waals surface area contributed by atoms with Crippen molar-refractivity contribution < 1.29 is 46.3 Å². The van der Waals surface area contributed by atoms with E-state index < -0.39 is 81.0 Å². The molecule has 5 amide bonds. The number of aryl methyl sites for hydroxylation is 2. The first-order chi connectivity index (χ1) is 26.4. The molecule has 0 radical (unpaired) electrons. The summed E-state index contributed by atoms with van der Waals surface area (Å²) in [4.78, 5) is 71.6. The number of halogens is 1. The summed E-state index contributed by atoms with van der Waals surface area (Å²) in [5.41, 5.74) is -0.195. The van der Waals surface area contributed by atoms with Gasteiger partial charge in [-0.1, -0.05) is 54.8 Å². The maximum absolute atomic E-state index is 14.5. The van der Waals surface area contributed by atoms with Crippen LogP contribution in [-0.4, -0.2) is 84.0 Å². The Balaban J connectivity index is 1.27. The van der Waals surface area contributed by atoms with Gasteiger partial charge in [0, 0.05) is 24.4 Å². The Kier molecular flexibility index (Phi) is 11.5. The monoisotopic (exact) mass is 795 g/mol. The maximum atomic E-state index is 14.5. The minimum atomic E-state index is -4.34. The van der Waals surface area contributed by atoms with Crippen molar-refractivity contribution in [3.8, 4) is 0 Å². The Hall–Kier alpha value is -4.99. The minimum Gasteiger partial charge on any atom is -0.444 e. The van der Waals surface area contributed by atoms with Gasteiger partial charge in [0.15, 0.2) is 0 Å². The molecule has 3 heterocycles. The summed E-state index contributed by atoms with van der Waals surface area (Å²) < 4.78 is 55.0. The summed E-state index contributed by atoms with van der Waals surface area (Å²) in [5, 5.41) is 5.47.